The molecular weight excluding hydrogens is 322 g/mol. The Morgan fingerprint density at radius 1 is 0.654 bits per heavy atom. The Morgan fingerprint density at radius 2 is 1.19 bits per heavy atom. The second-order valence-electron chi connectivity index (χ2n) is 5.71. The van der Waals surface area contributed by atoms with Gasteiger partial charge in [0, 0.05) is 11.1 Å². The van der Waals surface area contributed by atoms with E-state index in [2.05, 4.69) is 5.32 Å². The minimum absolute atomic E-state index is 0.100. The van der Waals surface area contributed by atoms with Crippen molar-refractivity contribution in [2.24, 2.45) is 0 Å². The molecule has 1 radical (unpaired) electrons. The molecule has 1 amide bonds. The molecule has 3 aromatic rings. The summed E-state index contributed by atoms with van der Waals surface area (Å²) in [4.78, 5) is 24.4. The SMILES string of the molecule is O=C(C=Cc1ccccc1)c1ccc(C(=O)N[CH]c2ccccc2)cc1. The molecule has 0 fully saturated rings. The number of hydrogen-bond donors (Lipinski definition) is 1. The number of carbonyl (C=O) groups is 2. The van der Waals surface area contributed by atoms with Crippen molar-refractivity contribution in [3.8, 4) is 0 Å². The largest absolute Gasteiger partial charge is 0.343 e. The lowest BCUT2D eigenvalue weighted by Crippen LogP contribution is -2.21. The summed E-state index contributed by atoms with van der Waals surface area (Å²) in [7, 11) is 0. The van der Waals surface area contributed by atoms with Crippen LogP contribution in [0.4, 0.5) is 0 Å². The van der Waals surface area contributed by atoms with Gasteiger partial charge < -0.3 is 5.32 Å². The fourth-order valence-electron chi connectivity index (χ4n) is 2.40. The molecule has 1 N–H and O–H groups in total. The highest BCUT2D eigenvalue weighted by molar-refractivity contribution is 6.07. The summed E-state index contributed by atoms with van der Waals surface area (Å²) in [5.74, 6) is -0.315. The van der Waals surface area contributed by atoms with E-state index in [1.54, 1.807) is 36.9 Å². The zero-order chi connectivity index (χ0) is 18.2. The van der Waals surface area contributed by atoms with Gasteiger partial charge in [0.05, 0.1) is 6.54 Å². The molecule has 0 spiro atoms. The molecule has 3 aromatic carbocycles. The van der Waals surface area contributed by atoms with Crippen molar-refractivity contribution in [1.29, 1.82) is 0 Å². The smallest absolute Gasteiger partial charge is 0.251 e. The molecule has 0 atom stereocenters. The summed E-state index contributed by atoms with van der Waals surface area (Å²) in [5, 5.41) is 2.75. The van der Waals surface area contributed by atoms with Crippen LogP contribution in [0.2, 0.25) is 0 Å². The Kier molecular flexibility index (Phi) is 5.73. The second kappa shape index (κ2) is 8.58. The molecule has 127 valence electrons. The lowest BCUT2D eigenvalue weighted by Gasteiger charge is -2.05. The fourth-order valence-corrected chi connectivity index (χ4v) is 2.40. The topological polar surface area (TPSA) is 46.2 Å². The van der Waals surface area contributed by atoms with Crippen LogP contribution in [0.5, 0.6) is 0 Å². The molecule has 0 aliphatic carbocycles. The van der Waals surface area contributed by atoms with Gasteiger partial charge in [-0.3, -0.25) is 9.59 Å². The average molecular weight is 340 g/mol. The Bertz CT molecular complexity index is 898. The summed E-state index contributed by atoms with van der Waals surface area (Å²) in [5.41, 5.74) is 2.92. The maximum atomic E-state index is 12.2. The van der Waals surface area contributed by atoms with Crippen LogP contribution >= 0.6 is 0 Å². The first kappa shape index (κ1) is 17.4. The molecule has 0 aliphatic heterocycles. The van der Waals surface area contributed by atoms with Gasteiger partial charge in [0.1, 0.15) is 0 Å². The number of ketones is 1. The third-order valence-electron chi connectivity index (χ3n) is 3.83. The van der Waals surface area contributed by atoms with E-state index in [-0.39, 0.29) is 11.7 Å². The van der Waals surface area contributed by atoms with E-state index in [0.29, 0.717) is 11.1 Å². The minimum Gasteiger partial charge on any atom is -0.343 e. The lowest BCUT2D eigenvalue weighted by atomic mass is 10.1. The van der Waals surface area contributed by atoms with Crippen molar-refractivity contribution in [2.75, 3.05) is 0 Å². The van der Waals surface area contributed by atoms with Crippen molar-refractivity contribution in [3.05, 3.63) is 120 Å². The van der Waals surface area contributed by atoms with Crippen LogP contribution in [0.1, 0.15) is 31.8 Å². The summed E-state index contributed by atoms with van der Waals surface area (Å²) in [6.07, 6.45) is 3.31. The first-order chi connectivity index (χ1) is 12.7. The van der Waals surface area contributed by atoms with Gasteiger partial charge in [0.2, 0.25) is 0 Å². The van der Waals surface area contributed by atoms with Crippen LogP contribution in [-0.2, 0) is 0 Å². The quantitative estimate of drug-likeness (QED) is 0.529. The van der Waals surface area contributed by atoms with Crippen molar-refractivity contribution < 1.29 is 9.59 Å². The van der Waals surface area contributed by atoms with Gasteiger partial charge in [-0.05, 0) is 29.3 Å². The Labute approximate surface area is 153 Å². The van der Waals surface area contributed by atoms with Gasteiger partial charge in [-0.15, -0.1) is 0 Å². The van der Waals surface area contributed by atoms with Gasteiger partial charge in [0.15, 0.2) is 5.78 Å². The van der Waals surface area contributed by atoms with E-state index in [1.165, 1.54) is 6.08 Å². The summed E-state index contributed by atoms with van der Waals surface area (Å²) in [6, 6.07) is 25.8. The molecule has 3 rings (SSSR count). The zero-order valence-electron chi connectivity index (χ0n) is 14.1. The van der Waals surface area contributed by atoms with Gasteiger partial charge in [0.25, 0.3) is 5.91 Å². The normalized spacial score (nSPS) is 10.6. The molecule has 3 heteroatoms. The first-order valence-corrected chi connectivity index (χ1v) is 8.29. The highest BCUT2D eigenvalue weighted by Crippen LogP contribution is 2.09. The second-order valence-corrected chi connectivity index (χ2v) is 5.71. The average Bonchev–Trinajstić information content (AvgIpc) is 2.72. The maximum Gasteiger partial charge on any atom is 0.251 e. The highest BCUT2D eigenvalue weighted by atomic mass is 16.1. The molecule has 0 unspecified atom stereocenters. The number of carbonyl (C=O) groups excluding carboxylic acids is 2. The van der Waals surface area contributed by atoms with Crippen LogP contribution in [0, 0.1) is 6.54 Å². The summed E-state index contributed by atoms with van der Waals surface area (Å²) < 4.78 is 0. The lowest BCUT2D eigenvalue weighted by molar-refractivity contribution is 0.0963. The van der Waals surface area contributed by atoms with Gasteiger partial charge in [-0.25, -0.2) is 0 Å². The molecule has 0 heterocycles. The zero-order valence-corrected chi connectivity index (χ0v) is 14.1. The highest BCUT2D eigenvalue weighted by Gasteiger charge is 2.07. The third-order valence-corrected chi connectivity index (χ3v) is 3.83. The van der Waals surface area contributed by atoms with Crippen LogP contribution in [-0.4, -0.2) is 11.7 Å². The van der Waals surface area contributed by atoms with Crippen molar-refractivity contribution in [3.63, 3.8) is 0 Å². The molecule has 26 heavy (non-hydrogen) atoms. The number of hydrogen-bond acceptors (Lipinski definition) is 2. The van der Waals surface area contributed by atoms with Crippen molar-refractivity contribution in [1.82, 2.24) is 5.32 Å². The van der Waals surface area contributed by atoms with E-state index < -0.39 is 0 Å². The Balaban J connectivity index is 1.59. The molecular formula is C23H18NO2. The summed E-state index contributed by atoms with van der Waals surface area (Å²) >= 11 is 0. The molecule has 0 bridgehead atoms. The number of amides is 1. The van der Waals surface area contributed by atoms with Crippen LogP contribution < -0.4 is 5.32 Å². The van der Waals surface area contributed by atoms with Crippen molar-refractivity contribution in [2.45, 2.75) is 0 Å². The monoisotopic (exact) mass is 340 g/mol. The predicted molar refractivity (Wildman–Crippen MR) is 104 cm³/mol. The molecule has 0 aromatic heterocycles. The molecule has 0 aliphatic rings. The van der Waals surface area contributed by atoms with Crippen LogP contribution in [0.15, 0.2) is 91.0 Å². The predicted octanol–water partition coefficient (Wildman–Crippen LogP) is 4.52. The molecule has 3 nitrogen and oxygen atoms in total. The molecule has 0 saturated carbocycles. The standard InChI is InChI=1S/C23H18NO2/c25-22(16-11-18-7-3-1-4-8-18)20-12-14-21(15-13-20)23(26)24-17-19-9-5-2-6-10-19/h1-17H,(H,24,26). The number of allylic oxidation sites excluding steroid dienone is 1. The fraction of sp³-hybridized carbons (Fsp3) is 0. The van der Waals surface area contributed by atoms with E-state index >= 15 is 0 Å². The maximum absolute atomic E-state index is 12.2. The van der Waals surface area contributed by atoms with Gasteiger partial charge >= 0.3 is 0 Å². The van der Waals surface area contributed by atoms with E-state index in [1.807, 2.05) is 60.7 Å². The number of rotatable bonds is 6. The Morgan fingerprint density at radius 3 is 1.81 bits per heavy atom. The molecule has 0 saturated heterocycles. The third kappa shape index (κ3) is 4.77. The van der Waals surface area contributed by atoms with Gasteiger partial charge in [-0.1, -0.05) is 78.9 Å². The van der Waals surface area contributed by atoms with Crippen LogP contribution in [0.3, 0.4) is 0 Å². The van der Waals surface area contributed by atoms with E-state index in [4.69, 9.17) is 0 Å². The van der Waals surface area contributed by atoms with Crippen LogP contribution in [0.25, 0.3) is 6.08 Å². The van der Waals surface area contributed by atoms with Crippen molar-refractivity contribution >= 4 is 17.8 Å². The summed E-state index contributed by atoms with van der Waals surface area (Å²) in [6.45, 7) is 1.66. The number of benzene rings is 3. The first-order valence-electron chi connectivity index (χ1n) is 8.29. The van der Waals surface area contributed by atoms with Gasteiger partial charge in [-0.2, -0.15) is 0 Å². The number of nitrogens with one attached hydrogen (secondary N) is 1. The minimum atomic E-state index is -0.215. The van der Waals surface area contributed by atoms with E-state index in [9.17, 15) is 9.59 Å². The Hall–Kier alpha value is -3.46. The van der Waals surface area contributed by atoms with E-state index in [0.717, 1.165) is 11.1 Å².